The van der Waals surface area contributed by atoms with Crippen LogP contribution in [0.25, 0.3) is 0 Å². The fourth-order valence-electron chi connectivity index (χ4n) is 3.34. The number of hydrogen-bond acceptors (Lipinski definition) is 2. The zero-order valence-electron chi connectivity index (χ0n) is 11.9. The van der Waals surface area contributed by atoms with Gasteiger partial charge in [-0.15, -0.1) is 11.3 Å². The Kier molecular flexibility index (Phi) is 3.90. The van der Waals surface area contributed by atoms with E-state index in [-0.39, 0.29) is 5.82 Å². The molecule has 0 spiro atoms. The van der Waals surface area contributed by atoms with Crippen molar-refractivity contribution in [3.05, 3.63) is 57.0 Å². The molecular formula is C17H20FNS. The molecule has 3 heteroatoms. The molecular weight excluding hydrogens is 269 g/mol. The number of nitrogens with one attached hydrogen (secondary N) is 1. The number of benzene rings is 1. The fourth-order valence-corrected chi connectivity index (χ4v) is 4.33. The average Bonchev–Trinajstić information content (AvgIpc) is 2.78. The summed E-state index contributed by atoms with van der Waals surface area (Å²) in [5.41, 5.74) is 2.58. The molecule has 2 unspecified atom stereocenters. The number of halogens is 1. The predicted octanol–water partition coefficient (Wildman–Crippen LogP) is 4.36. The summed E-state index contributed by atoms with van der Waals surface area (Å²) in [6.45, 7) is 6.35. The standard InChI is InChI=1S/C17H20FNS/c1-11-8-16(12(2)20-11)15-6-7-19-10-17(15)13-4-3-5-14(18)9-13/h3-5,8-9,15,17,19H,6-7,10H2,1-2H3. The third-order valence-electron chi connectivity index (χ3n) is 4.24. The Bertz CT molecular complexity index is 605. The van der Waals surface area contributed by atoms with E-state index in [9.17, 15) is 4.39 Å². The first-order valence-electron chi connectivity index (χ1n) is 7.18. The molecule has 20 heavy (non-hydrogen) atoms. The first-order chi connectivity index (χ1) is 9.65. The summed E-state index contributed by atoms with van der Waals surface area (Å²) in [5.74, 6) is 0.736. The lowest BCUT2D eigenvalue weighted by molar-refractivity contribution is 0.402. The highest BCUT2D eigenvalue weighted by Crippen LogP contribution is 2.41. The van der Waals surface area contributed by atoms with Crippen LogP contribution in [0.15, 0.2) is 30.3 Å². The summed E-state index contributed by atoms with van der Waals surface area (Å²) >= 11 is 1.87. The predicted molar refractivity (Wildman–Crippen MR) is 83.2 cm³/mol. The molecule has 0 aliphatic carbocycles. The van der Waals surface area contributed by atoms with E-state index in [1.165, 1.54) is 21.4 Å². The Balaban J connectivity index is 1.97. The Morgan fingerprint density at radius 1 is 1.20 bits per heavy atom. The van der Waals surface area contributed by atoms with Crippen molar-refractivity contribution in [2.24, 2.45) is 0 Å². The average molecular weight is 289 g/mol. The van der Waals surface area contributed by atoms with E-state index in [4.69, 9.17) is 0 Å². The number of piperidine rings is 1. The zero-order chi connectivity index (χ0) is 14.1. The van der Waals surface area contributed by atoms with Crippen LogP contribution in [0.3, 0.4) is 0 Å². The molecule has 2 atom stereocenters. The molecule has 2 aromatic rings. The van der Waals surface area contributed by atoms with Crippen LogP contribution in [0.1, 0.15) is 39.1 Å². The van der Waals surface area contributed by atoms with E-state index >= 15 is 0 Å². The second kappa shape index (κ2) is 5.66. The van der Waals surface area contributed by atoms with E-state index in [0.717, 1.165) is 25.1 Å². The Morgan fingerprint density at radius 2 is 2.05 bits per heavy atom. The highest BCUT2D eigenvalue weighted by Gasteiger charge is 2.29. The molecule has 1 N–H and O–H groups in total. The maximum absolute atomic E-state index is 13.5. The van der Waals surface area contributed by atoms with Crippen molar-refractivity contribution in [1.29, 1.82) is 0 Å². The molecule has 0 bridgehead atoms. The molecule has 1 saturated heterocycles. The van der Waals surface area contributed by atoms with E-state index in [1.807, 2.05) is 17.4 Å². The molecule has 1 aromatic carbocycles. The first kappa shape index (κ1) is 13.8. The number of rotatable bonds is 2. The zero-order valence-corrected chi connectivity index (χ0v) is 12.8. The summed E-state index contributed by atoms with van der Waals surface area (Å²) < 4.78 is 13.5. The number of aryl methyl sites for hydroxylation is 2. The van der Waals surface area contributed by atoms with Crippen LogP contribution in [0.5, 0.6) is 0 Å². The van der Waals surface area contributed by atoms with Crippen molar-refractivity contribution in [2.75, 3.05) is 13.1 Å². The maximum atomic E-state index is 13.5. The number of thiophene rings is 1. The maximum Gasteiger partial charge on any atom is 0.123 e. The van der Waals surface area contributed by atoms with Gasteiger partial charge in [0.05, 0.1) is 0 Å². The minimum Gasteiger partial charge on any atom is -0.316 e. The Hall–Kier alpha value is -1.19. The van der Waals surface area contributed by atoms with Crippen LogP contribution in [0, 0.1) is 19.7 Å². The van der Waals surface area contributed by atoms with E-state index in [2.05, 4.69) is 31.3 Å². The van der Waals surface area contributed by atoms with E-state index in [0.29, 0.717) is 11.8 Å². The van der Waals surface area contributed by atoms with Crippen molar-refractivity contribution in [1.82, 2.24) is 5.32 Å². The fraction of sp³-hybridized carbons (Fsp3) is 0.412. The highest BCUT2D eigenvalue weighted by atomic mass is 32.1. The van der Waals surface area contributed by atoms with Crippen molar-refractivity contribution >= 4 is 11.3 Å². The molecule has 3 rings (SSSR count). The lowest BCUT2D eigenvalue weighted by atomic mass is 9.77. The van der Waals surface area contributed by atoms with Crippen molar-refractivity contribution < 1.29 is 4.39 Å². The second-order valence-corrected chi connectivity index (χ2v) is 7.09. The van der Waals surface area contributed by atoms with Crippen LogP contribution < -0.4 is 5.32 Å². The van der Waals surface area contributed by atoms with Gasteiger partial charge in [0.25, 0.3) is 0 Å². The summed E-state index contributed by atoms with van der Waals surface area (Å²) in [6, 6.07) is 9.42. The molecule has 0 amide bonds. The SMILES string of the molecule is Cc1cc(C2CCNCC2c2cccc(F)c2)c(C)s1. The molecule has 1 aromatic heterocycles. The van der Waals surface area contributed by atoms with Gasteiger partial charge in [-0.05, 0) is 62.1 Å². The molecule has 0 saturated carbocycles. The molecule has 2 heterocycles. The van der Waals surface area contributed by atoms with Crippen LogP contribution in [0.2, 0.25) is 0 Å². The van der Waals surface area contributed by atoms with Gasteiger partial charge in [0, 0.05) is 22.2 Å². The molecule has 0 radical (unpaired) electrons. The van der Waals surface area contributed by atoms with Crippen molar-refractivity contribution in [3.63, 3.8) is 0 Å². The van der Waals surface area contributed by atoms with Gasteiger partial charge < -0.3 is 5.32 Å². The Labute approximate surface area is 123 Å². The topological polar surface area (TPSA) is 12.0 Å². The summed E-state index contributed by atoms with van der Waals surface area (Å²) in [6.07, 6.45) is 1.12. The minimum atomic E-state index is -0.134. The van der Waals surface area contributed by atoms with Gasteiger partial charge in [0.15, 0.2) is 0 Å². The van der Waals surface area contributed by atoms with Gasteiger partial charge in [-0.3, -0.25) is 0 Å². The van der Waals surface area contributed by atoms with Gasteiger partial charge in [0.1, 0.15) is 5.82 Å². The monoisotopic (exact) mass is 289 g/mol. The minimum absolute atomic E-state index is 0.134. The van der Waals surface area contributed by atoms with E-state index in [1.54, 1.807) is 6.07 Å². The van der Waals surface area contributed by atoms with E-state index < -0.39 is 0 Å². The van der Waals surface area contributed by atoms with Crippen LogP contribution in [-0.2, 0) is 0 Å². The largest absolute Gasteiger partial charge is 0.316 e. The summed E-state index contributed by atoms with van der Waals surface area (Å²) in [4.78, 5) is 2.78. The van der Waals surface area contributed by atoms with Crippen LogP contribution in [-0.4, -0.2) is 13.1 Å². The van der Waals surface area contributed by atoms with Crippen molar-refractivity contribution in [2.45, 2.75) is 32.1 Å². The molecule has 1 fully saturated rings. The lowest BCUT2D eigenvalue weighted by Gasteiger charge is -2.33. The highest BCUT2D eigenvalue weighted by molar-refractivity contribution is 7.12. The Morgan fingerprint density at radius 3 is 2.75 bits per heavy atom. The van der Waals surface area contributed by atoms with Gasteiger partial charge >= 0.3 is 0 Å². The molecule has 1 aliphatic rings. The summed E-state index contributed by atoms with van der Waals surface area (Å²) in [5, 5.41) is 3.46. The van der Waals surface area contributed by atoms with Gasteiger partial charge in [-0.25, -0.2) is 4.39 Å². The third kappa shape index (κ3) is 2.65. The third-order valence-corrected chi connectivity index (χ3v) is 5.22. The molecule has 1 aliphatic heterocycles. The van der Waals surface area contributed by atoms with Crippen molar-refractivity contribution in [3.8, 4) is 0 Å². The quantitative estimate of drug-likeness (QED) is 0.866. The normalized spacial score (nSPS) is 22.9. The summed E-state index contributed by atoms with van der Waals surface area (Å²) in [7, 11) is 0. The molecule has 106 valence electrons. The molecule has 1 nitrogen and oxygen atoms in total. The van der Waals surface area contributed by atoms with Gasteiger partial charge in [0.2, 0.25) is 0 Å². The second-order valence-electron chi connectivity index (χ2n) is 5.63. The lowest BCUT2D eigenvalue weighted by Crippen LogP contribution is -2.34. The van der Waals surface area contributed by atoms with Gasteiger partial charge in [-0.1, -0.05) is 12.1 Å². The van der Waals surface area contributed by atoms with Crippen LogP contribution >= 0.6 is 11.3 Å². The van der Waals surface area contributed by atoms with Gasteiger partial charge in [-0.2, -0.15) is 0 Å². The smallest absolute Gasteiger partial charge is 0.123 e. The first-order valence-corrected chi connectivity index (χ1v) is 8.00. The number of hydrogen-bond donors (Lipinski definition) is 1. The van der Waals surface area contributed by atoms with Crippen LogP contribution in [0.4, 0.5) is 4.39 Å².